The molecule has 116 valence electrons. The van der Waals surface area contributed by atoms with E-state index in [1.807, 2.05) is 12.1 Å². The summed E-state index contributed by atoms with van der Waals surface area (Å²) >= 11 is 6.05. The third-order valence-electron chi connectivity index (χ3n) is 3.70. The summed E-state index contributed by atoms with van der Waals surface area (Å²) in [5, 5.41) is 9.62. The maximum atomic E-state index is 11.8. The van der Waals surface area contributed by atoms with Gasteiger partial charge in [-0.2, -0.15) is 0 Å². The Morgan fingerprint density at radius 2 is 2.14 bits per heavy atom. The fraction of sp³-hybridized carbons (Fsp3) is 0.533. The number of carbonyl (C=O) groups excluding carboxylic acids is 1. The van der Waals surface area contributed by atoms with Gasteiger partial charge in [0.05, 0.1) is 12.1 Å². The number of para-hydroxylation sites is 1. The van der Waals surface area contributed by atoms with Crippen LogP contribution in [0.25, 0.3) is 0 Å². The Balaban J connectivity index is 1.77. The van der Waals surface area contributed by atoms with E-state index in [0.29, 0.717) is 23.2 Å². The fourth-order valence-corrected chi connectivity index (χ4v) is 2.75. The van der Waals surface area contributed by atoms with Crippen molar-refractivity contribution in [2.45, 2.75) is 19.4 Å². The van der Waals surface area contributed by atoms with Crippen molar-refractivity contribution in [2.75, 3.05) is 26.7 Å². The summed E-state index contributed by atoms with van der Waals surface area (Å²) in [6.07, 6.45) is 2.23. The lowest BCUT2D eigenvalue weighted by atomic mass is 9.98. The van der Waals surface area contributed by atoms with E-state index in [0.717, 1.165) is 38.0 Å². The van der Waals surface area contributed by atoms with E-state index >= 15 is 0 Å². The van der Waals surface area contributed by atoms with Crippen molar-refractivity contribution in [3.05, 3.63) is 28.8 Å². The van der Waals surface area contributed by atoms with Crippen LogP contribution in [0.1, 0.15) is 18.4 Å². The highest BCUT2D eigenvalue weighted by Gasteiger charge is 2.14. The number of piperidine rings is 1. The summed E-state index contributed by atoms with van der Waals surface area (Å²) < 4.78 is 5.25. The summed E-state index contributed by atoms with van der Waals surface area (Å²) in [5.41, 5.74) is 0.863. The summed E-state index contributed by atoms with van der Waals surface area (Å²) in [6.45, 7) is 3.18. The quantitative estimate of drug-likeness (QED) is 0.781. The van der Waals surface area contributed by atoms with Crippen molar-refractivity contribution < 1.29 is 9.53 Å². The molecule has 1 aliphatic rings. The number of halogens is 1. The van der Waals surface area contributed by atoms with Gasteiger partial charge < -0.3 is 20.7 Å². The van der Waals surface area contributed by atoms with Crippen LogP contribution in [0.4, 0.5) is 4.79 Å². The van der Waals surface area contributed by atoms with Gasteiger partial charge in [0.25, 0.3) is 0 Å². The average molecular weight is 312 g/mol. The summed E-state index contributed by atoms with van der Waals surface area (Å²) in [6, 6.07) is 5.34. The molecule has 3 N–H and O–H groups in total. The second-order valence-electron chi connectivity index (χ2n) is 5.19. The molecule has 1 aromatic carbocycles. The molecule has 2 amide bonds. The number of ether oxygens (including phenoxy) is 1. The predicted molar refractivity (Wildman–Crippen MR) is 83.8 cm³/mol. The molecule has 0 bridgehead atoms. The number of hydrogen-bond acceptors (Lipinski definition) is 3. The molecule has 21 heavy (non-hydrogen) atoms. The topological polar surface area (TPSA) is 62.4 Å². The molecule has 1 aliphatic heterocycles. The lowest BCUT2D eigenvalue weighted by Crippen LogP contribution is -2.40. The first-order chi connectivity index (χ1) is 10.2. The van der Waals surface area contributed by atoms with Crippen LogP contribution in [0.2, 0.25) is 5.02 Å². The zero-order valence-electron chi connectivity index (χ0n) is 12.2. The Hall–Kier alpha value is -1.46. The Morgan fingerprint density at radius 1 is 1.38 bits per heavy atom. The number of benzene rings is 1. The largest absolute Gasteiger partial charge is 0.495 e. The van der Waals surface area contributed by atoms with Crippen LogP contribution >= 0.6 is 11.6 Å². The molecule has 2 rings (SSSR count). The van der Waals surface area contributed by atoms with Crippen LogP contribution in [0.3, 0.4) is 0 Å². The smallest absolute Gasteiger partial charge is 0.315 e. The van der Waals surface area contributed by atoms with E-state index < -0.39 is 0 Å². The first kappa shape index (κ1) is 15.9. The van der Waals surface area contributed by atoms with E-state index in [4.69, 9.17) is 16.3 Å². The molecular formula is C15H22ClN3O2. The van der Waals surface area contributed by atoms with E-state index in [2.05, 4.69) is 16.0 Å². The van der Waals surface area contributed by atoms with Crippen LogP contribution < -0.4 is 20.7 Å². The fourth-order valence-electron chi connectivity index (χ4n) is 2.48. The molecule has 1 aromatic rings. The molecule has 0 saturated carbocycles. The third kappa shape index (κ3) is 4.79. The number of hydrogen-bond donors (Lipinski definition) is 3. The van der Waals surface area contributed by atoms with Crippen LogP contribution in [0.5, 0.6) is 5.75 Å². The van der Waals surface area contributed by atoms with Gasteiger partial charge in [0.15, 0.2) is 0 Å². The van der Waals surface area contributed by atoms with Crippen LogP contribution in [0.15, 0.2) is 18.2 Å². The zero-order valence-corrected chi connectivity index (χ0v) is 13.0. The Kier molecular flexibility index (Phi) is 6.14. The lowest BCUT2D eigenvalue weighted by molar-refractivity contribution is 0.236. The molecule has 0 radical (unpaired) electrons. The summed E-state index contributed by atoms with van der Waals surface area (Å²) in [4.78, 5) is 11.8. The molecule has 0 aromatic heterocycles. The van der Waals surface area contributed by atoms with E-state index in [1.165, 1.54) is 0 Å². The van der Waals surface area contributed by atoms with Crippen molar-refractivity contribution in [3.63, 3.8) is 0 Å². The molecule has 5 nitrogen and oxygen atoms in total. The second-order valence-corrected chi connectivity index (χ2v) is 5.60. The van der Waals surface area contributed by atoms with Gasteiger partial charge in [-0.1, -0.05) is 23.7 Å². The molecule has 1 saturated heterocycles. The standard InChI is InChI=1S/C15H22ClN3O2/c1-21-14-12(3-2-4-13(14)16)10-19-15(20)18-9-11-5-7-17-8-6-11/h2-4,11,17H,5-10H2,1H3,(H2,18,19,20). The minimum absolute atomic E-state index is 0.157. The van der Waals surface area contributed by atoms with E-state index in [-0.39, 0.29) is 6.03 Å². The minimum Gasteiger partial charge on any atom is -0.495 e. The van der Waals surface area contributed by atoms with Crippen LogP contribution in [-0.2, 0) is 6.54 Å². The van der Waals surface area contributed by atoms with Gasteiger partial charge >= 0.3 is 6.03 Å². The number of methoxy groups -OCH3 is 1. The normalized spacial score (nSPS) is 15.5. The summed E-state index contributed by atoms with van der Waals surface area (Å²) in [7, 11) is 1.57. The molecule has 1 heterocycles. The van der Waals surface area contributed by atoms with Crippen LogP contribution in [0, 0.1) is 5.92 Å². The minimum atomic E-state index is -0.157. The molecule has 0 aliphatic carbocycles. The van der Waals surface area contributed by atoms with Gasteiger partial charge in [0.2, 0.25) is 0 Å². The maximum absolute atomic E-state index is 11.8. The van der Waals surface area contributed by atoms with Gasteiger partial charge in [-0.3, -0.25) is 0 Å². The van der Waals surface area contributed by atoms with Gasteiger partial charge in [-0.25, -0.2) is 4.79 Å². The highest BCUT2D eigenvalue weighted by molar-refractivity contribution is 6.32. The first-order valence-corrected chi connectivity index (χ1v) is 7.62. The van der Waals surface area contributed by atoms with Crippen molar-refractivity contribution in [3.8, 4) is 5.75 Å². The van der Waals surface area contributed by atoms with E-state index in [1.54, 1.807) is 13.2 Å². The van der Waals surface area contributed by atoms with Gasteiger partial charge in [0, 0.05) is 18.7 Å². The second kappa shape index (κ2) is 8.10. The number of urea groups is 1. The van der Waals surface area contributed by atoms with Gasteiger partial charge in [0.1, 0.15) is 5.75 Å². The molecule has 6 heteroatoms. The average Bonchev–Trinajstić information content (AvgIpc) is 2.52. The molecule has 0 atom stereocenters. The van der Waals surface area contributed by atoms with Gasteiger partial charge in [-0.05, 0) is 37.9 Å². The van der Waals surface area contributed by atoms with Crippen LogP contribution in [-0.4, -0.2) is 32.8 Å². The van der Waals surface area contributed by atoms with Crippen molar-refractivity contribution in [1.82, 2.24) is 16.0 Å². The molecule has 0 unspecified atom stereocenters. The lowest BCUT2D eigenvalue weighted by Gasteiger charge is -2.22. The Labute approximate surface area is 130 Å². The predicted octanol–water partition coefficient (Wildman–Crippen LogP) is 2.15. The highest BCUT2D eigenvalue weighted by Crippen LogP contribution is 2.27. The van der Waals surface area contributed by atoms with E-state index in [9.17, 15) is 4.79 Å². The van der Waals surface area contributed by atoms with Crippen molar-refractivity contribution in [1.29, 1.82) is 0 Å². The highest BCUT2D eigenvalue weighted by atomic mass is 35.5. The maximum Gasteiger partial charge on any atom is 0.315 e. The van der Waals surface area contributed by atoms with Gasteiger partial charge in [-0.15, -0.1) is 0 Å². The first-order valence-electron chi connectivity index (χ1n) is 7.24. The number of amides is 2. The number of rotatable bonds is 5. The Bertz CT molecular complexity index is 476. The zero-order chi connectivity index (χ0) is 15.1. The Morgan fingerprint density at radius 3 is 2.86 bits per heavy atom. The molecule has 1 fully saturated rings. The van der Waals surface area contributed by atoms with Crippen molar-refractivity contribution >= 4 is 17.6 Å². The molecular weight excluding hydrogens is 290 g/mol. The van der Waals surface area contributed by atoms with Crippen molar-refractivity contribution in [2.24, 2.45) is 5.92 Å². The monoisotopic (exact) mass is 311 g/mol. The summed E-state index contributed by atoms with van der Waals surface area (Å²) in [5.74, 6) is 1.18. The molecule has 0 spiro atoms. The number of nitrogens with one attached hydrogen (secondary N) is 3. The third-order valence-corrected chi connectivity index (χ3v) is 4.00. The number of carbonyl (C=O) groups is 1. The SMILES string of the molecule is COc1c(Cl)cccc1CNC(=O)NCC1CCNCC1.